The summed E-state index contributed by atoms with van der Waals surface area (Å²) in [6, 6.07) is 6.77. The normalized spacial score (nSPS) is 17.5. The molecule has 160 valence electrons. The minimum Gasteiger partial charge on any atom is -0.354 e. The van der Waals surface area contributed by atoms with Crippen molar-refractivity contribution in [1.82, 2.24) is 20.5 Å². The second-order valence-corrected chi connectivity index (χ2v) is 9.44. The molecule has 0 aliphatic carbocycles. The summed E-state index contributed by atoms with van der Waals surface area (Å²) in [6.45, 7) is 18.8. The largest absolute Gasteiger partial charge is 0.354 e. The van der Waals surface area contributed by atoms with Crippen molar-refractivity contribution in [1.29, 1.82) is 0 Å². The van der Waals surface area contributed by atoms with E-state index in [2.05, 4.69) is 86.7 Å². The highest BCUT2D eigenvalue weighted by Crippen LogP contribution is 2.27. The minimum absolute atomic E-state index is 0.128. The van der Waals surface area contributed by atoms with Gasteiger partial charge in [0.15, 0.2) is 5.82 Å². The van der Waals surface area contributed by atoms with Crippen LogP contribution in [0.3, 0.4) is 0 Å². The van der Waals surface area contributed by atoms with Crippen LogP contribution in [0.1, 0.15) is 58.6 Å². The van der Waals surface area contributed by atoms with Gasteiger partial charge in [-0.2, -0.15) is 0 Å². The van der Waals surface area contributed by atoms with Crippen LogP contribution in [0, 0.1) is 6.92 Å². The van der Waals surface area contributed by atoms with E-state index in [0.29, 0.717) is 6.04 Å². The third-order valence-corrected chi connectivity index (χ3v) is 5.33. The van der Waals surface area contributed by atoms with E-state index in [9.17, 15) is 0 Å². The molecule has 3 rings (SSSR count). The molecule has 1 fully saturated rings. The molecule has 0 spiro atoms. The maximum absolute atomic E-state index is 4.71. The Morgan fingerprint density at radius 2 is 2.07 bits per heavy atom. The van der Waals surface area contributed by atoms with Gasteiger partial charge in [0.05, 0.1) is 5.69 Å². The van der Waals surface area contributed by atoms with Crippen molar-refractivity contribution in [2.45, 2.75) is 66.0 Å². The van der Waals surface area contributed by atoms with Crippen LogP contribution >= 0.6 is 0 Å². The van der Waals surface area contributed by atoms with Gasteiger partial charge in [0.25, 0.3) is 0 Å². The lowest BCUT2D eigenvalue weighted by atomic mass is 9.98. The Labute approximate surface area is 181 Å². The van der Waals surface area contributed by atoms with Crippen LogP contribution in [0.2, 0.25) is 0 Å². The molecule has 5 heteroatoms. The van der Waals surface area contributed by atoms with Gasteiger partial charge in [-0.15, -0.1) is 10.2 Å². The molecule has 1 aliphatic rings. The molecule has 0 saturated carbocycles. The molecule has 1 N–H and O–H groups in total. The molecule has 1 unspecified atom stereocenters. The van der Waals surface area contributed by atoms with Crippen molar-refractivity contribution >= 4 is 11.4 Å². The highest BCUT2D eigenvalue weighted by atomic mass is 15.3. The average Bonchev–Trinajstić information content (AvgIpc) is 3.12. The molecule has 30 heavy (non-hydrogen) atoms. The van der Waals surface area contributed by atoms with E-state index in [4.69, 9.17) is 4.98 Å². The maximum atomic E-state index is 4.71. The molecule has 2 aromatic rings. The van der Waals surface area contributed by atoms with Crippen molar-refractivity contribution in [3.05, 3.63) is 53.8 Å². The first-order chi connectivity index (χ1) is 14.2. The van der Waals surface area contributed by atoms with E-state index in [1.807, 2.05) is 12.3 Å². The van der Waals surface area contributed by atoms with Crippen LogP contribution in [0.15, 0.2) is 42.6 Å². The van der Waals surface area contributed by atoms with E-state index in [0.717, 1.165) is 59.8 Å². The molecular formula is C25H35N5. The summed E-state index contributed by atoms with van der Waals surface area (Å²) in [5.41, 5.74) is 6.47. The highest BCUT2D eigenvalue weighted by molar-refractivity contribution is 5.70. The zero-order valence-electron chi connectivity index (χ0n) is 19.3. The first-order valence-corrected chi connectivity index (χ1v) is 10.8. The Bertz CT molecular complexity index is 922. The molecule has 0 bridgehead atoms. The fraction of sp³-hybridized carbons (Fsp3) is 0.480. The van der Waals surface area contributed by atoms with E-state index in [-0.39, 0.29) is 5.54 Å². The summed E-state index contributed by atoms with van der Waals surface area (Å²) < 4.78 is 0. The first-order valence-electron chi connectivity index (χ1n) is 10.8. The Hall–Kier alpha value is -2.53. The van der Waals surface area contributed by atoms with Gasteiger partial charge >= 0.3 is 0 Å². The smallest absolute Gasteiger partial charge is 0.151 e. The number of aryl methyl sites for hydroxylation is 1. The van der Waals surface area contributed by atoms with E-state index in [1.165, 1.54) is 5.57 Å². The van der Waals surface area contributed by atoms with Crippen LogP contribution in [0.25, 0.3) is 17.0 Å². The molecule has 3 heterocycles. The second-order valence-electron chi connectivity index (χ2n) is 9.44. The molecule has 0 radical (unpaired) electrons. The third-order valence-electron chi connectivity index (χ3n) is 5.33. The highest BCUT2D eigenvalue weighted by Gasteiger charge is 2.26. The van der Waals surface area contributed by atoms with Gasteiger partial charge in [-0.3, -0.25) is 4.98 Å². The summed E-state index contributed by atoms with van der Waals surface area (Å²) in [7, 11) is 0. The van der Waals surface area contributed by atoms with Crippen LogP contribution in [0.4, 0.5) is 5.82 Å². The van der Waals surface area contributed by atoms with Gasteiger partial charge in [0.1, 0.15) is 5.69 Å². The van der Waals surface area contributed by atoms with Crippen molar-refractivity contribution < 1.29 is 0 Å². The predicted octanol–water partition coefficient (Wildman–Crippen LogP) is 5.18. The van der Waals surface area contributed by atoms with E-state index < -0.39 is 0 Å². The van der Waals surface area contributed by atoms with Crippen LogP contribution in [0.5, 0.6) is 0 Å². The molecular weight excluding hydrogens is 370 g/mol. The number of nitrogens with zero attached hydrogens (tertiary/aromatic N) is 4. The van der Waals surface area contributed by atoms with E-state index in [1.54, 1.807) is 0 Å². The summed E-state index contributed by atoms with van der Waals surface area (Å²) in [5.74, 6) is 0.934. The standard InChI is InChI=1S/C25H35N5/c1-8-19(13-17(2)3)20-14-18(4)24(26-15-20)22-9-10-23(29-28-22)30-12-11-21(16-30)27-25(5,6)7/h8-10,14-15,21,27H,2,11-13,16H2,1,3-7H3/b19-8+. The second kappa shape index (κ2) is 9.09. The number of rotatable bonds is 6. The lowest BCUT2D eigenvalue weighted by Crippen LogP contribution is -2.45. The zero-order valence-corrected chi connectivity index (χ0v) is 19.3. The van der Waals surface area contributed by atoms with Crippen molar-refractivity contribution in [3.63, 3.8) is 0 Å². The Balaban J connectivity index is 1.73. The summed E-state index contributed by atoms with van der Waals surface area (Å²) in [4.78, 5) is 7.01. The quantitative estimate of drug-likeness (QED) is 0.671. The van der Waals surface area contributed by atoms with E-state index >= 15 is 0 Å². The molecule has 1 saturated heterocycles. The number of anilines is 1. The number of pyridine rings is 1. The van der Waals surface area contributed by atoms with Crippen molar-refractivity contribution in [3.8, 4) is 11.4 Å². The topological polar surface area (TPSA) is 53.9 Å². The Morgan fingerprint density at radius 3 is 2.63 bits per heavy atom. The van der Waals surface area contributed by atoms with Crippen molar-refractivity contribution in [2.24, 2.45) is 0 Å². The summed E-state index contributed by atoms with van der Waals surface area (Å²) in [6.07, 6.45) is 6.06. The first kappa shape index (κ1) is 22.2. The Morgan fingerprint density at radius 1 is 1.30 bits per heavy atom. The fourth-order valence-electron chi connectivity index (χ4n) is 4.03. The number of aromatic nitrogens is 3. The number of hydrogen-bond acceptors (Lipinski definition) is 5. The molecule has 5 nitrogen and oxygen atoms in total. The lowest BCUT2D eigenvalue weighted by Gasteiger charge is -2.26. The minimum atomic E-state index is 0.128. The fourth-order valence-corrected chi connectivity index (χ4v) is 4.03. The van der Waals surface area contributed by atoms with Gasteiger partial charge < -0.3 is 10.2 Å². The summed E-state index contributed by atoms with van der Waals surface area (Å²) in [5, 5.41) is 12.7. The molecule has 0 amide bonds. The van der Waals surface area contributed by atoms with Crippen LogP contribution in [-0.2, 0) is 0 Å². The van der Waals surface area contributed by atoms with Crippen LogP contribution in [-0.4, -0.2) is 39.9 Å². The maximum Gasteiger partial charge on any atom is 0.151 e. The zero-order chi connectivity index (χ0) is 21.9. The van der Waals surface area contributed by atoms with Crippen LogP contribution < -0.4 is 10.2 Å². The average molecular weight is 406 g/mol. The molecule has 1 aliphatic heterocycles. The molecule has 2 aromatic heterocycles. The van der Waals surface area contributed by atoms with Gasteiger partial charge in [-0.25, -0.2) is 0 Å². The number of hydrogen-bond donors (Lipinski definition) is 1. The monoisotopic (exact) mass is 405 g/mol. The number of nitrogens with one attached hydrogen (secondary N) is 1. The molecule has 0 aromatic carbocycles. The van der Waals surface area contributed by atoms with Gasteiger partial charge in [0, 0.05) is 30.9 Å². The number of allylic oxidation sites excluding steroid dienone is 3. The van der Waals surface area contributed by atoms with Gasteiger partial charge in [-0.05, 0) is 89.3 Å². The third kappa shape index (κ3) is 5.54. The lowest BCUT2D eigenvalue weighted by molar-refractivity contribution is 0.373. The van der Waals surface area contributed by atoms with Gasteiger partial charge in [0.2, 0.25) is 0 Å². The SMILES string of the molecule is C=C(C)C/C(=C\C)c1cnc(-c2ccc(N3CCC(NC(C)(C)C)C3)nn2)c(C)c1. The predicted molar refractivity (Wildman–Crippen MR) is 127 cm³/mol. The summed E-state index contributed by atoms with van der Waals surface area (Å²) >= 11 is 0. The Kier molecular flexibility index (Phi) is 6.71. The van der Waals surface area contributed by atoms with Crippen molar-refractivity contribution in [2.75, 3.05) is 18.0 Å². The van der Waals surface area contributed by atoms with Gasteiger partial charge in [-0.1, -0.05) is 18.2 Å². The molecule has 1 atom stereocenters.